The van der Waals surface area contributed by atoms with Crippen molar-refractivity contribution < 1.29 is 4.79 Å². The van der Waals surface area contributed by atoms with E-state index in [9.17, 15) is 4.79 Å². The van der Waals surface area contributed by atoms with E-state index in [2.05, 4.69) is 54.9 Å². The predicted molar refractivity (Wildman–Crippen MR) is 83.8 cm³/mol. The number of nitrogens with zero attached hydrogens (tertiary/aromatic N) is 1. The van der Waals surface area contributed by atoms with E-state index in [0.29, 0.717) is 23.1 Å². The molecule has 0 bridgehead atoms. The highest BCUT2D eigenvalue weighted by molar-refractivity contribution is 9.09. The van der Waals surface area contributed by atoms with Crippen LogP contribution in [0.4, 0.5) is 5.69 Å². The normalized spacial score (nSPS) is 18.4. The van der Waals surface area contributed by atoms with E-state index in [-0.39, 0.29) is 5.91 Å². The number of carbonyl (C=O) groups is 1. The van der Waals surface area contributed by atoms with Gasteiger partial charge in [-0.1, -0.05) is 48.8 Å². The van der Waals surface area contributed by atoms with Crippen molar-refractivity contribution >= 4 is 27.5 Å². The summed E-state index contributed by atoms with van der Waals surface area (Å²) in [7, 11) is 1.86. The Morgan fingerprint density at radius 1 is 1.21 bits per heavy atom. The molecule has 2 nitrogen and oxygen atoms in total. The molecule has 104 valence electrons. The summed E-state index contributed by atoms with van der Waals surface area (Å²) in [6, 6.07) is 6.49. The summed E-state index contributed by atoms with van der Waals surface area (Å²) >= 11 is 3.83. The lowest BCUT2D eigenvalue weighted by atomic mass is 9.89. The molecule has 0 fully saturated rings. The number of alkyl halides is 1. The van der Waals surface area contributed by atoms with Gasteiger partial charge in [0.15, 0.2) is 0 Å². The van der Waals surface area contributed by atoms with Crippen LogP contribution < -0.4 is 4.90 Å². The number of hydrogen-bond donors (Lipinski definition) is 0. The lowest BCUT2D eigenvalue weighted by Crippen LogP contribution is -2.31. The minimum Gasteiger partial charge on any atom is -0.315 e. The van der Waals surface area contributed by atoms with Gasteiger partial charge in [0.25, 0.3) is 0 Å². The largest absolute Gasteiger partial charge is 0.315 e. The maximum absolute atomic E-state index is 11.7. The highest BCUT2D eigenvalue weighted by Gasteiger charge is 2.24. The molecule has 0 aromatic heterocycles. The second kappa shape index (κ2) is 5.66. The molecular weight excluding hydrogens is 302 g/mol. The first-order valence-corrected chi connectivity index (χ1v) is 7.86. The number of hydrogen-bond acceptors (Lipinski definition) is 1. The smallest absolute Gasteiger partial charge is 0.227 e. The van der Waals surface area contributed by atoms with Crippen LogP contribution in [0.1, 0.15) is 43.1 Å². The van der Waals surface area contributed by atoms with E-state index in [4.69, 9.17) is 0 Å². The number of anilines is 1. The first kappa shape index (κ1) is 14.6. The molecule has 2 unspecified atom stereocenters. The van der Waals surface area contributed by atoms with Crippen LogP contribution in [0.15, 0.2) is 18.2 Å². The molecule has 0 N–H and O–H groups in total. The fourth-order valence-corrected chi connectivity index (χ4v) is 3.38. The van der Waals surface area contributed by atoms with Crippen molar-refractivity contribution in [2.75, 3.05) is 11.9 Å². The van der Waals surface area contributed by atoms with Crippen molar-refractivity contribution in [2.24, 2.45) is 11.8 Å². The van der Waals surface area contributed by atoms with E-state index in [0.717, 1.165) is 12.1 Å². The van der Waals surface area contributed by atoms with Crippen molar-refractivity contribution in [1.29, 1.82) is 0 Å². The highest BCUT2D eigenvalue weighted by atomic mass is 79.9. The van der Waals surface area contributed by atoms with Crippen LogP contribution in [-0.4, -0.2) is 13.0 Å². The fraction of sp³-hybridized carbons (Fsp3) is 0.562. The molecule has 0 saturated carbocycles. The Morgan fingerprint density at radius 2 is 1.89 bits per heavy atom. The Morgan fingerprint density at radius 3 is 2.53 bits per heavy atom. The van der Waals surface area contributed by atoms with Crippen LogP contribution >= 0.6 is 15.9 Å². The zero-order chi connectivity index (χ0) is 14.2. The Kier molecular flexibility index (Phi) is 4.34. The van der Waals surface area contributed by atoms with E-state index in [1.807, 2.05) is 7.05 Å². The molecule has 2 atom stereocenters. The van der Waals surface area contributed by atoms with Crippen LogP contribution in [0, 0.1) is 11.8 Å². The third kappa shape index (κ3) is 2.86. The Bertz CT molecular complexity index is 484. The van der Waals surface area contributed by atoms with Crippen molar-refractivity contribution in [2.45, 2.75) is 38.4 Å². The van der Waals surface area contributed by atoms with E-state index in [1.54, 1.807) is 4.90 Å². The molecular formula is C16H22BrNO. The van der Waals surface area contributed by atoms with Crippen LogP contribution in [0.3, 0.4) is 0 Å². The van der Waals surface area contributed by atoms with Gasteiger partial charge in [-0.2, -0.15) is 0 Å². The van der Waals surface area contributed by atoms with Crippen molar-refractivity contribution in [3.8, 4) is 0 Å². The molecule has 1 aromatic rings. The first-order valence-electron chi connectivity index (χ1n) is 6.95. The average molecular weight is 324 g/mol. The molecule has 19 heavy (non-hydrogen) atoms. The number of halogens is 1. The summed E-state index contributed by atoms with van der Waals surface area (Å²) in [5.41, 5.74) is 3.68. The number of aryl methyl sites for hydroxylation is 1. The number of rotatable bonds is 3. The van der Waals surface area contributed by atoms with Crippen LogP contribution in [-0.2, 0) is 11.2 Å². The first-order chi connectivity index (χ1) is 8.91. The summed E-state index contributed by atoms with van der Waals surface area (Å²) in [6.07, 6.45) is 1.49. The summed E-state index contributed by atoms with van der Waals surface area (Å²) in [6.45, 7) is 6.78. The lowest BCUT2D eigenvalue weighted by Gasteiger charge is -2.28. The summed E-state index contributed by atoms with van der Waals surface area (Å²) in [5, 5.41) is 0. The molecule has 3 heteroatoms. The van der Waals surface area contributed by atoms with Gasteiger partial charge in [0.05, 0.1) is 0 Å². The van der Waals surface area contributed by atoms with Gasteiger partial charge in [-0.15, -0.1) is 0 Å². The van der Waals surface area contributed by atoms with E-state index in [1.165, 1.54) is 11.1 Å². The molecule has 1 aliphatic heterocycles. The third-order valence-electron chi connectivity index (χ3n) is 4.28. The minimum atomic E-state index is 0.214. The molecule has 1 aromatic carbocycles. The second-order valence-electron chi connectivity index (χ2n) is 5.85. The SMILES string of the molecule is CC(C)C(C)C(Br)c1ccc2c(c1)CCC(=O)N2C. The zero-order valence-electron chi connectivity index (χ0n) is 12.1. The van der Waals surface area contributed by atoms with Crippen molar-refractivity contribution in [1.82, 2.24) is 0 Å². The monoisotopic (exact) mass is 323 g/mol. The number of amides is 1. The number of carbonyl (C=O) groups excluding carboxylic acids is 1. The number of benzene rings is 1. The van der Waals surface area contributed by atoms with Crippen LogP contribution in [0.25, 0.3) is 0 Å². The molecule has 0 radical (unpaired) electrons. The summed E-state index contributed by atoms with van der Waals surface area (Å²) in [4.78, 5) is 13.8. The van der Waals surface area contributed by atoms with Gasteiger partial charge in [-0.05, 0) is 35.4 Å². The van der Waals surface area contributed by atoms with Crippen molar-refractivity contribution in [3.63, 3.8) is 0 Å². The molecule has 1 aliphatic rings. The lowest BCUT2D eigenvalue weighted by molar-refractivity contribution is -0.118. The molecule has 1 heterocycles. The van der Waals surface area contributed by atoms with Gasteiger partial charge >= 0.3 is 0 Å². The zero-order valence-corrected chi connectivity index (χ0v) is 13.7. The summed E-state index contributed by atoms with van der Waals surface area (Å²) in [5.74, 6) is 1.44. The van der Waals surface area contributed by atoms with Gasteiger partial charge in [-0.25, -0.2) is 0 Å². The molecule has 0 spiro atoms. The second-order valence-corrected chi connectivity index (χ2v) is 6.83. The fourth-order valence-electron chi connectivity index (χ4n) is 2.49. The Labute approximate surface area is 124 Å². The van der Waals surface area contributed by atoms with Gasteiger partial charge in [-0.3, -0.25) is 4.79 Å². The maximum Gasteiger partial charge on any atom is 0.227 e. The average Bonchev–Trinajstić information content (AvgIpc) is 2.40. The summed E-state index contributed by atoms with van der Waals surface area (Å²) < 4.78 is 0. The van der Waals surface area contributed by atoms with Gasteiger partial charge < -0.3 is 4.90 Å². The molecule has 0 saturated heterocycles. The molecule has 0 aliphatic carbocycles. The topological polar surface area (TPSA) is 20.3 Å². The van der Waals surface area contributed by atoms with Crippen molar-refractivity contribution in [3.05, 3.63) is 29.3 Å². The van der Waals surface area contributed by atoms with Gasteiger partial charge in [0, 0.05) is 24.0 Å². The minimum absolute atomic E-state index is 0.214. The van der Waals surface area contributed by atoms with E-state index < -0.39 is 0 Å². The Hall–Kier alpha value is -0.830. The van der Waals surface area contributed by atoms with Crippen LogP contribution in [0.5, 0.6) is 0 Å². The molecule has 2 rings (SSSR count). The standard InChI is InChI=1S/C16H22BrNO/c1-10(2)11(3)16(17)13-5-7-14-12(9-13)6-8-15(19)18(14)4/h5,7,9-11,16H,6,8H2,1-4H3. The molecule has 1 amide bonds. The highest BCUT2D eigenvalue weighted by Crippen LogP contribution is 2.38. The Balaban J connectivity index is 2.29. The quantitative estimate of drug-likeness (QED) is 0.758. The third-order valence-corrected chi connectivity index (χ3v) is 5.64. The van der Waals surface area contributed by atoms with Crippen LogP contribution in [0.2, 0.25) is 0 Å². The maximum atomic E-state index is 11.7. The van der Waals surface area contributed by atoms with E-state index >= 15 is 0 Å². The predicted octanol–water partition coefficient (Wildman–Crippen LogP) is 4.32. The number of fused-ring (bicyclic) bond motifs is 1. The van der Waals surface area contributed by atoms with Gasteiger partial charge in [0.1, 0.15) is 0 Å². The van der Waals surface area contributed by atoms with Gasteiger partial charge in [0.2, 0.25) is 5.91 Å².